The summed E-state index contributed by atoms with van der Waals surface area (Å²) in [7, 11) is -3.00. The number of carbonyl (C=O) groups is 1. The molecule has 10 nitrogen and oxygen atoms in total. The van der Waals surface area contributed by atoms with Crippen molar-refractivity contribution in [3.8, 4) is 0 Å². The van der Waals surface area contributed by atoms with Crippen molar-refractivity contribution in [2.45, 2.75) is 86.3 Å². The normalized spacial score (nSPS) is 38.4. The van der Waals surface area contributed by atoms with Gasteiger partial charge in [0.15, 0.2) is 0 Å². The van der Waals surface area contributed by atoms with Crippen LogP contribution in [0.3, 0.4) is 0 Å². The second-order valence-corrected chi connectivity index (χ2v) is 12.2. The molecular formula is C20H36ClN2O8PS. The number of carbonyl (C=O) groups excluding carboxylic acids is 1. The summed E-state index contributed by atoms with van der Waals surface area (Å²) in [6.45, 7) is 2.48. The lowest BCUT2D eigenvalue weighted by Crippen LogP contribution is -2.65. The van der Waals surface area contributed by atoms with Gasteiger partial charge in [0.05, 0.1) is 17.5 Å². The molecule has 0 aromatic rings. The molecule has 1 aliphatic carbocycles. The number of nitrogens with zero attached hydrogens (tertiary/aromatic N) is 1. The van der Waals surface area contributed by atoms with Crippen LogP contribution >= 0.6 is 31.2 Å². The van der Waals surface area contributed by atoms with Gasteiger partial charge in [-0.2, -0.15) is 0 Å². The molecule has 9 unspecified atom stereocenters. The van der Waals surface area contributed by atoms with Gasteiger partial charge in [-0.3, -0.25) is 14.2 Å². The molecule has 2 aliphatic heterocycles. The van der Waals surface area contributed by atoms with Crippen molar-refractivity contribution in [1.29, 1.82) is 0 Å². The lowest BCUT2D eigenvalue weighted by atomic mass is 9.92. The zero-order chi connectivity index (χ0) is 24.5. The monoisotopic (exact) mass is 530 g/mol. The standard InChI is InChI=1S/C20H36ClN2O8PS/c1-10(21)14(17-15(24)16(25)18(20(30-17)33-3)31-32(27,28)29)22-19(26)13-7-6-12(11-4-5-11)8-9-23(13)2/h10-18,20,24-25H,4-9H2,1-3H3,(H,22,26)(H2,27,28,29). The van der Waals surface area contributed by atoms with Crippen LogP contribution < -0.4 is 5.32 Å². The van der Waals surface area contributed by atoms with Crippen molar-refractivity contribution >= 4 is 37.1 Å². The van der Waals surface area contributed by atoms with Crippen LogP contribution in [0.1, 0.15) is 39.0 Å². The van der Waals surface area contributed by atoms with Crippen molar-refractivity contribution in [2.75, 3.05) is 19.8 Å². The third-order valence-electron chi connectivity index (χ3n) is 7.02. The highest BCUT2D eigenvalue weighted by molar-refractivity contribution is 7.99. The Morgan fingerprint density at radius 2 is 1.79 bits per heavy atom. The maximum atomic E-state index is 13.3. The molecule has 2 saturated heterocycles. The van der Waals surface area contributed by atoms with Gasteiger partial charge in [-0.25, -0.2) is 4.57 Å². The topological polar surface area (TPSA) is 149 Å². The van der Waals surface area contributed by atoms with E-state index in [1.54, 1.807) is 13.2 Å². The van der Waals surface area contributed by atoms with E-state index in [-0.39, 0.29) is 11.9 Å². The molecule has 0 spiro atoms. The van der Waals surface area contributed by atoms with Crippen LogP contribution in [0, 0.1) is 11.8 Å². The highest BCUT2D eigenvalue weighted by atomic mass is 35.5. The first kappa shape index (κ1) is 27.6. The SMILES string of the molecule is CSC1OC(C(NC(=O)C2CCC(C3CC3)CCN2C)C(C)Cl)C(O)C(O)C1OP(=O)(O)O. The van der Waals surface area contributed by atoms with Crippen molar-refractivity contribution in [2.24, 2.45) is 11.8 Å². The molecule has 2 heterocycles. The van der Waals surface area contributed by atoms with E-state index in [4.69, 9.17) is 26.1 Å². The number of thioether (sulfide) groups is 1. The fourth-order valence-corrected chi connectivity index (χ4v) is 6.54. The third-order valence-corrected chi connectivity index (χ3v) is 8.65. The van der Waals surface area contributed by atoms with Crippen LogP contribution in [0.4, 0.5) is 0 Å². The molecule has 13 heteroatoms. The second kappa shape index (κ2) is 11.4. The van der Waals surface area contributed by atoms with Gasteiger partial charge in [0, 0.05) is 0 Å². The summed E-state index contributed by atoms with van der Waals surface area (Å²) in [4.78, 5) is 33.6. The maximum Gasteiger partial charge on any atom is 0.470 e. The lowest BCUT2D eigenvalue weighted by molar-refractivity contribution is -0.201. The molecule has 0 aromatic heterocycles. The third kappa shape index (κ3) is 7.06. The number of amides is 1. The largest absolute Gasteiger partial charge is 0.470 e. The van der Waals surface area contributed by atoms with Gasteiger partial charge >= 0.3 is 7.82 Å². The first-order chi connectivity index (χ1) is 15.4. The van der Waals surface area contributed by atoms with E-state index in [9.17, 15) is 19.6 Å². The Balaban J connectivity index is 1.71. The van der Waals surface area contributed by atoms with E-state index in [1.807, 2.05) is 7.05 Å². The highest BCUT2D eigenvalue weighted by Crippen LogP contribution is 2.44. The van der Waals surface area contributed by atoms with Crippen LogP contribution in [0.2, 0.25) is 0 Å². The summed E-state index contributed by atoms with van der Waals surface area (Å²) in [6.07, 6.45) is 1.19. The zero-order valence-corrected chi connectivity index (χ0v) is 21.6. The molecule has 3 rings (SSSR count). The number of phosphoric ester groups is 1. The molecule has 3 aliphatic rings. The maximum absolute atomic E-state index is 13.3. The number of hydrogen-bond acceptors (Lipinski definition) is 8. The fraction of sp³-hybridized carbons (Fsp3) is 0.950. The van der Waals surface area contributed by atoms with E-state index in [2.05, 4.69) is 14.7 Å². The van der Waals surface area contributed by atoms with Crippen molar-refractivity contribution < 1.29 is 38.6 Å². The first-order valence-electron chi connectivity index (χ1n) is 11.4. The first-order valence-corrected chi connectivity index (χ1v) is 14.6. The molecule has 5 N–H and O–H groups in total. The van der Waals surface area contributed by atoms with Crippen LogP contribution in [0.5, 0.6) is 0 Å². The summed E-state index contributed by atoms with van der Waals surface area (Å²) in [5.41, 5.74) is -0.990. The minimum atomic E-state index is -4.94. The summed E-state index contributed by atoms with van der Waals surface area (Å²) >= 11 is 7.45. The summed E-state index contributed by atoms with van der Waals surface area (Å²) in [5, 5.41) is 23.6. The van der Waals surface area contributed by atoms with Gasteiger partial charge in [0.25, 0.3) is 0 Å². The van der Waals surface area contributed by atoms with Gasteiger partial charge in [-0.05, 0) is 70.7 Å². The number of likely N-dealkylation sites (tertiary alicyclic amines) is 1. The molecule has 33 heavy (non-hydrogen) atoms. The van der Waals surface area contributed by atoms with Gasteiger partial charge in [0.1, 0.15) is 29.9 Å². The average molecular weight is 531 g/mol. The molecule has 0 aromatic carbocycles. The molecule has 192 valence electrons. The number of nitrogens with one attached hydrogen (secondary N) is 1. The molecule has 1 amide bonds. The Kier molecular flexibility index (Phi) is 9.56. The molecule has 3 fully saturated rings. The van der Waals surface area contributed by atoms with E-state index in [0.717, 1.165) is 43.5 Å². The minimum absolute atomic E-state index is 0.217. The van der Waals surface area contributed by atoms with Gasteiger partial charge in [-0.15, -0.1) is 23.4 Å². The van der Waals surface area contributed by atoms with E-state index in [1.165, 1.54) is 12.8 Å². The molecular weight excluding hydrogens is 495 g/mol. The smallest absolute Gasteiger partial charge is 0.388 e. The Labute approximate surface area is 204 Å². The number of likely N-dealkylation sites (N-methyl/N-ethyl adjacent to an activating group) is 1. The number of alkyl halides is 1. The Hall–Kier alpha value is 0.0600. The van der Waals surface area contributed by atoms with Gasteiger partial charge < -0.3 is 30.1 Å². The van der Waals surface area contributed by atoms with E-state index in [0.29, 0.717) is 5.92 Å². The fourth-order valence-electron chi connectivity index (χ4n) is 4.97. The molecule has 1 saturated carbocycles. The van der Waals surface area contributed by atoms with Crippen LogP contribution in [-0.2, 0) is 18.6 Å². The number of ether oxygens (including phenoxy) is 1. The molecule has 0 bridgehead atoms. The van der Waals surface area contributed by atoms with Crippen LogP contribution in [-0.4, -0.2) is 98.0 Å². The number of rotatable bonds is 8. The average Bonchev–Trinajstić information content (AvgIpc) is 3.57. The van der Waals surface area contributed by atoms with Gasteiger partial charge in [-0.1, -0.05) is 0 Å². The van der Waals surface area contributed by atoms with E-state index >= 15 is 0 Å². The Morgan fingerprint density at radius 1 is 1.18 bits per heavy atom. The molecule has 9 atom stereocenters. The minimum Gasteiger partial charge on any atom is -0.388 e. The van der Waals surface area contributed by atoms with Gasteiger partial charge in [0.2, 0.25) is 5.91 Å². The zero-order valence-electron chi connectivity index (χ0n) is 19.1. The number of hydrogen-bond donors (Lipinski definition) is 5. The quantitative estimate of drug-likeness (QED) is 0.226. The highest BCUT2D eigenvalue weighted by Gasteiger charge is 2.51. The second-order valence-electron chi connectivity index (χ2n) is 9.42. The number of phosphoric acid groups is 1. The van der Waals surface area contributed by atoms with Crippen molar-refractivity contribution in [3.63, 3.8) is 0 Å². The summed E-state index contributed by atoms with van der Waals surface area (Å²) in [5.74, 6) is 1.22. The number of halogens is 1. The van der Waals surface area contributed by atoms with Crippen molar-refractivity contribution in [1.82, 2.24) is 10.2 Å². The number of aliphatic hydroxyl groups excluding tert-OH is 2. The summed E-state index contributed by atoms with van der Waals surface area (Å²) < 4.78 is 21.9. The molecule has 0 radical (unpaired) electrons. The van der Waals surface area contributed by atoms with Crippen LogP contribution in [0.15, 0.2) is 0 Å². The Bertz CT molecular complexity index is 724. The predicted octanol–water partition coefficient (Wildman–Crippen LogP) is 0.897. The Morgan fingerprint density at radius 3 is 2.33 bits per heavy atom. The predicted molar refractivity (Wildman–Crippen MR) is 125 cm³/mol. The van der Waals surface area contributed by atoms with Crippen LogP contribution in [0.25, 0.3) is 0 Å². The lowest BCUT2D eigenvalue weighted by Gasteiger charge is -2.45. The summed E-state index contributed by atoms with van der Waals surface area (Å²) in [6, 6.07) is -1.18. The number of aliphatic hydroxyl groups is 2. The van der Waals surface area contributed by atoms with E-state index < -0.39 is 49.1 Å². The van der Waals surface area contributed by atoms with Crippen molar-refractivity contribution in [3.05, 3.63) is 0 Å².